The molecule has 6 nitrogen and oxygen atoms in total. The lowest BCUT2D eigenvalue weighted by Crippen LogP contribution is -2.54. The van der Waals surface area contributed by atoms with Gasteiger partial charge in [-0.2, -0.15) is 0 Å². The highest BCUT2D eigenvalue weighted by Crippen LogP contribution is 2.33. The Balaban J connectivity index is 1.36. The van der Waals surface area contributed by atoms with Crippen molar-refractivity contribution in [2.75, 3.05) is 25.2 Å². The molecule has 0 spiro atoms. The first-order valence-corrected chi connectivity index (χ1v) is 8.65. The summed E-state index contributed by atoms with van der Waals surface area (Å²) in [7, 11) is 0. The number of nitrogens with one attached hydrogen (secondary N) is 1. The van der Waals surface area contributed by atoms with Crippen molar-refractivity contribution < 1.29 is 19.1 Å². The number of anilines is 1. The second-order valence-electron chi connectivity index (χ2n) is 6.42. The molecule has 2 aliphatic rings. The molecule has 0 unspecified atom stereocenters. The quantitative estimate of drug-likeness (QED) is 0.899. The van der Waals surface area contributed by atoms with Crippen molar-refractivity contribution in [3.05, 3.63) is 52.5 Å². The van der Waals surface area contributed by atoms with E-state index in [2.05, 4.69) is 5.32 Å². The number of amides is 2. The SMILES string of the molecule is Cc1ccc(Cl)cc1NC(=O)C1CN(C(=O)c2ccc3c(c2)OCO3)C1. The minimum Gasteiger partial charge on any atom is -0.454 e. The van der Waals surface area contributed by atoms with Crippen LogP contribution in [0.1, 0.15) is 15.9 Å². The van der Waals surface area contributed by atoms with Gasteiger partial charge in [0.1, 0.15) is 0 Å². The van der Waals surface area contributed by atoms with Gasteiger partial charge in [-0.15, -0.1) is 0 Å². The van der Waals surface area contributed by atoms with Crippen LogP contribution in [0.4, 0.5) is 5.69 Å². The minimum absolute atomic E-state index is 0.106. The van der Waals surface area contributed by atoms with E-state index in [0.29, 0.717) is 40.9 Å². The van der Waals surface area contributed by atoms with Gasteiger partial charge in [-0.05, 0) is 42.8 Å². The molecule has 0 atom stereocenters. The van der Waals surface area contributed by atoms with Crippen LogP contribution in [0.3, 0.4) is 0 Å². The Hall–Kier alpha value is -2.73. The van der Waals surface area contributed by atoms with Crippen LogP contribution in [0, 0.1) is 12.8 Å². The smallest absolute Gasteiger partial charge is 0.254 e. The molecule has 1 N–H and O–H groups in total. The summed E-state index contributed by atoms with van der Waals surface area (Å²) in [6, 6.07) is 10.5. The van der Waals surface area contributed by atoms with Crippen LogP contribution in [0.2, 0.25) is 5.02 Å². The van der Waals surface area contributed by atoms with E-state index in [1.807, 2.05) is 13.0 Å². The molecule has 2 aromatic carbocycles. The number of rotatable bonds is 3. The number of hydrogen-bond acceptors (Lipinski definition) is 4. The summed E-state index contributed by atoms with van der Waals surface area (Å²) in [5.41, 5.74) is 2.16. The van der Waals surface area contributed by atoms with E-state index in [1.54, 1.807) is 35.2 Å². The van der Waals surface area contributed by atoms with Crippen molar-refractivity contribution in [3.8, 4) is 11.5 Å². The van der Waals surface area contributed by atoms with Crippen molar-refractivity contribution in [3.63, 3.8) is 0 Å². The average molecular weight is 373 g/mol. The molecule has 0 bridgehead atoms. The maximum Gasteiger partial charge on any atom is 0.254 e. The number of nitrogens with zero attached hydrogens (tertiary/aromatic N) is 1. The molecule has 0 radical (unpaired) electrons. The van der Waals surface area contributed by atoms with Crippen LogP contribution in [0.5, 0.6) is 11.5 Å². The van der Waals surface area contributed by atoms with Crippen molar-refractivity contribution in [1.29, 1.82) is 0 Å². The minimum atomic E-state index is -0.230. The fourth-order valence-corrected chi connectivity index (χ4v) is 3.16. The Morgan fingerprint density at radius 1 is 1.12 bits per heavy atom. The van der Waals surface area contributed by atoms with Crippen molar-refractivity contribution >= 4 is 29.1 Å². The van der Waals surface area contributed by atoms with E-state index in [4.69, 9.17) is 21.1 Å². The molecule has 4 rings (SSSR count). The van der Waals surface area contributed by atoms with E-state index in [0.717, 1.165) is 5.56 Å². The molecule has 0 saturated carbocycles. The van der Waals surface area contributed by atoms with Crippen LogP contribution >= 0.6 is 11.6 Å². The monoisotopic (exact) mass is 372 g/mol. The predicted molar refractivity (Wildman–Crippen MR) is 96.8 cm³/mol. The normalized spacial score (nSPS) is 15.5. The first kappa shape index (κ1) is 16.7. The first-order valence-electron chi connectivity index (χ1n) is 8.27. The average Bonchev–Trinajstić information content (AvgIpc) is 3.04. The fourth-order valence-electron chi connectivity index (χ4n) is 2.99. The number of fused-ring (bicyclic) bond motifs is 1. The van der Waals surface area contributed by atoms with E-state index in [1.165, 1.54) is 0 Å². The lowest BCUT2D eigenvalue weighted by atomic mass is 9.97. The second kappa shape index (κ2) is 6.53. The Kier molecular flexibility index (Phi) is 4.20. The highest BCUT2D eigenvalue weighted by molar-refractivity contribution is 6.31. The van der Waals surface area contributed by atoms with Gasteiger partial charge < -0.3 is 19.7 Å². The summed E-state index contributed by atoms with van der Waals surface area (Å²) in [4.78, 5) is 26.6. The number of carbonyl (C=O) groups excluding carboxylic acids is 2. The summed E-state index contributed by atoms with van der Waals surface area (Å²) in [6.45, 7) is 2.85. The molecule has 26 heavy (non-hydrogen) atoms. The maximum absolute atomic E-state index is 12.5. The van der Waals surface area contributed by atoms with Crippen LogP contribution < -0.4 is 14.8 Å². The molecule has 2 aliphatic heterocycles. The number of ether oxygens (including phenoxy) is 2. The number of aryl methyl sites for hydroxylation is 1. The zero-order valence-electron chi connectivity index (χ0n) is 14.1. The number of carbonyl (C=O) groups is 2. The molecular weight excluding hydrogens is 356 g/mol. The Morgan fingerprint density at radius 2 is 1.88 bits per heavy atom. The molecule has 1 fully saturated rings. The number of likely N-dealkylation sites (tertiary alicyclic amines) is 1. The van der Waals surface area contributed by atoms with Gasteiger partial charge in [0, 0.05) is 29.4 Å². The van der Waals surface area contributed by atoms with Gasteiger partial charge in [0.2, 0.25) is 12.7 Å². The maximum atomic E-state index is 12.5. The topological polar surface area (TPSA) is 67.9 Å². The predicted octanol–water partition coefficient (Wildman–Crippen LogP) is 3.09. The highest BCUT2D eigenvalue weighted by atomic mass is 35.5. The summed E-state index contributed by atoms with van der Waals surface area (Å²) in [5, 5.41) is 3.46. The molecule has 2 aromatic rings. The number of halogens is 1. The third-order valence-electron chi connectivity index (χ3n) is 4.62. The van der Waals surface area contributed by atoms with E-state index in [-0.39, 0.29) is 24.5 Å². The highest BCUT2D eigenvalue weighted by Gasteiger charge is 2.36. The molecule has 2 amide bonds. The lowest BCUT2D eigenvalue weighted by molar-refractivity contribution is -0.123. The largest absolute Gasteiger partial charge is 0.454 e. The van der Waals surface area contributed by atoms with Crippen LogP contribution in [0.15, 0.2) is 36.4 Å². The Labute approximate surface area is 155 Å². The van der Waals surface area contributed by atoms with E-state index >= 15 is 0 Å². The number of hydrogen-bond donors (Lipinski definition) is 1. The Bertz CT molecular complexity index is 893. The third kappa shape index (κ3) is 3.08. The van der Waals surface area contributed by atoms with Crippen LogP contribution in [0.25, 0.3) is 0 Å². The van der Waals surface area contributed by atoms with Crippen molar-refractivity contribution in [1.82, 2.24) is 4.90 Å². The van der Waals surface area contributed by atoms with Crippen molar-refractivity contribution in [2.45, 2.75) is 6.92 Å². The molecule has 2 heterocycles. The van der Waals surface area contributed by atoms with Gasteiger partial charge in [0.05, 0.1) is 5.92 Å². The molecule has 1 saturated heterocycles. The van der Waals surface area contributed by atoms with Gasteiger partial charge in [0.15, 0.2) is 11.5 Å². The van der Waals surface area contributed by atoms with Crippen molar-refractivity contribution in [2.24, 2.45) is 5.92 Å². The molecule has 134 valence electrons. The van der Waals surface area contributed by atoms with Gasteiger partial charge in [-0.1, -0.05) is 17.7 Å². The zero-order chi connectivity index (χ0) is 18.3. The van der Waals surface area contributed by atoms with Gasteiger partial charge in [-0.25, -0.2) is 0 Å². The molecule has 0 aliphatic carbocycles. The van der Waals surface area contributed by atoms with Crippen LogP contribution in [-0.4, -0.2) is 36.6 Å². The van der Waals surface area contributed by atoms with Gasteiger partial charge in [-0.3, -0.25) is 9.59 Å². The zero-order valence-corrected chi connectivity index (χ0v) is 14.9. The number of benzene rings is 2. The second-order valence-corrected chi connectivity index (χ2v) is 6.86. The van der Waals surface area contributed by atoms with E-state index < -0.39 is 0 Å². The van der Waals surface area contributed by atoms with Crippen LogP contribution in [-0.2, 0) is 4.79 Å². The summed E-state index contributed by atoms with van der Waals surface area (Å²) < 4.78 is 10.5. The molecule has 7 heteroatoms. The first-order chi connectivity index (χ1) is 12.5. The third-order valence-corrected chi connectivity index (χ3v) is 4.85. The summed E-state index contributed by atoms with van der Waals surface area (Å²) in [5.74, 6) is 0.754. The summed E-state index contributed by atoms with van der Waals surface area (Å²) >= 11 is 5.98. The molecular formula is C19H17ClN2O4. The standard InChI is InChI=1S/C19H17ClN2O4/c1-11-2-4-14(20)7-15(11)21-18(23)13-8-22(9-13)19(24)12-3-5-16-17(6-12)26-10-25-16/h2-7,13H,8-10H2,1H3,(H,21,23). The summed E-state index contributed by atoms with van der Waals surface area (Å²) in [6.07, 6.45) is 0. The Morgan fingerprint density at radius 3 is 2.69 bits per heavy atom. The van der Waals surface area contributed by atoms with E-state index in [9.17, 15) is 9.59 Å². The molecule has 0 aromatic heterocycles. The van der Waals surface area contributed by atoms with Gasteiger partial charge in [0.25, 0.3) is 5.91 Å². The lowest BCUT2D eigenvalue weighted by Gasteiger charge is -2.38. The van der Waals surface area contributed by atoms with Gasteiger partial charge >= 0.3 is 0 Å². The fraction of sp³-hybridized carbons (Fsp3) is 0.263.